The van der Waals surface area contributed by atoms with Crippen LogP contribution in [0.15, 0.2) is 39.6 Å². The first-order valence-electron chi connectivity index (χ1n) is 5.81. The highest BCUT2D eigenvalue weighted by Gasteiger charge is 2.28. The maximum Gasteiger partial charge on any atom is 0.371 e. The molecule has 6 nitrogen and oxygen atoms in total. The van der Waals surface area contributed by atoms with Gasteiger partial charge in [0.2, 0.25) is 5.76 Å². The molecule has 0 fully saturated rings. The summed E-state index contributed by atoms with van der Waals surface area (Å²) in [6.07, 6.45) is 0. The van der Waals surface area contributed by atoms with E-state index in [1.807, 2.05) is 0 Å². The van der Waals surface area contributed by atoms with E-state index in [4.69, 9.17) is 9.52 Å². The van der Waals surface area contributed by atoms with Crippen molar-refractivity contribution in [1.82, 2.24) is 0 Å². The summed E-state index contributed by atoms with van der Waals surface area (Å²) in [6.45, 7) is 1.35. The molecule has 0 unspecified atom stereocenters. The van der Waals surface area contributed by atoms with Crippen LogP contribution in [-0.2, 0) is 10.0 Å². The topological polar surface area (TPSA) is 87.8 Å². The summed E-state index contributed by atoms with van der Waals surface area (Å²) in [5.41, 5.74) is 0.118. The van der Waals surface area contributed by atoms with Gasteiger partial charge in [-0.25, -0.2) is 17.6 Å². The molecular formula is C13H12FNO5S. The molecule has 1 N–H and O–H groups in total. The number of aryl methyl sites for hydroxylation is 1. The summed E-state index contributed by atoms with van der Waals surface area (Å²) >= 11 is 0. The molecule has 0 aliphatic heterocycles. The standard InChI is InChI=1S/C13H12FNO5S/c1-8-12(7-11(20-8)13(16)17)21(18,19)15(2)10-5-3-4-9(14)6-10/h3-7H,1-2H3,(H,16,17). The lowest BCUT2D eigenvalue weighted by Gasteiger charge is -2.18. The van der Waals surface area contributed by atoms with Crippen molar-refractivity contribution in [3.63, 3.8) is 0 Å². The lowest BCUT2D eigenvalue weighted by atomic mass is 10.3. The molecule has 1 aromatic carbocycles. The van der Waals surface area contributed by atoms with Crippen molar-refractivity contribution < 1.29 is 27.1 Å². The molecule has 0 aliphatic carbocycles. The number of nitrogens with zero attached hydrogens (tertiary/aromatic N) is 1. The third-order valence-corrected chi connectivity index (χ3v) is 4.79. The number of anilines is 1. The highest BCUT2D eigenvalue weighted by atomic mass is 32.2. The van der Waals surface area contributed by atoms with Gasteiger partial charge in [-0.15, -0.1) is 0 Å². The fraction of sp³-hybridized carbons (Fsp3) is 0.154. The number of carboxylic acids is 1. The third-order valence-electron chi connectivity index (χ3n) is 2.89. The minimum atomic E-state index is -4.04. The Morgan fingerprint density at radius 3 is 2.52 bits per heavy atom. The average Bonchev–Trinajstić information content (AvgIpc) is 2.81. The van der Waals surface area contributed by atoms with Crippen LogP contribution in [0.5, 0.6) is 0 Å². The van der Waals surface area contributed by atoms with E-state index in [1.165, 1.54) is 32.2 Å². The molecule has 2 aromatic rings. The summed E-state index contributed by atoms with van der Waals surface area (Å²) in [7, 11) is -2.80. The van der Waals surface area contributed by atoms with Crippen LogP contribution >= 0.6 is 0 Å². The number of hydrogen-bond acceptors (Lipinski definition) is 4. The molecule has 2 rings (SSSR count). The third kappa shape index (κ3) is 2.75. The number of rotatable bonds is 4. The number of aromatic carboxylic acids is 1. The zero-order chi connectivity index (χ0) is 15.8. The molecule has 0 spiro atoms. The molecule has 1 heterocycles. The lowest BCUT2D eigenvalue weighted by Crippen LogP contribution is -2.26. The first-order valence-corrected chi connectivity index (χ1v) is 7.25. The van der Waals surface area contributed by atoms with Crippen molar-refractivity contribution in [2.45, 2.75) is 11.8 Å². The van der Waals surface area contributed by atoms with Gasteiger partial charge < -0.3 is 9.52 Å². The van der Waals surface area contributed by atoms with Gasteiger partial charge in [-0.3, -0.25) is 4.31 Å². The molecular weight excluding hydrogens is 301 g/mol. The fourth-order valence-corrected chi connectivity index (χ4v) is 3.13. The Labute approximate surface area is 120 Å². The van der Waals surface area contributed by atoms with Gasteiger partial charge in [-0.1, -0.05) is 6.07 Å². The Bertz CT molecular complexity index is 797. The number of furan rings is 1. The first kappa shape index (κ1) is 15.0. The van der Waals surface area contributed by atoms with Crippen molar-refractivity contribution in [1.29, 1.82) is 0 Å². The van der Waals surface area contributed by atoms with Crippen LogP contribution in [0.4, 0.5) is 10.1 Å². The van der Waals surface area contributed by atoms with Crippen LogP contribution in [0.1, 0.15) is 16.3 Å². The van der Waals surface area contributed by atoms with Gasteiger partial charge in [0.05, 0.1) is 5.69 Å². The van der Waals surface area contributed by atoms with E-state index in [9.17, 15) is 17.6 Å². The Hall–Kier alpha value is -2.35. The predicted octanol–water partition coefficient (Wildman–Crippen LogP) is 2.25. The summed E-state index contributed by atoms with van der Waals surface area (Å²) < 4.78 is 43.8. The van der Waals surface area contributed by atoms with Gasteiger partial charge in [-0.2, -0.15) is 0 Å². The van der Waals surface area contributed by atoms with Gasteiger partial charge >= 0.3 is 5.97 Å². The molecule has 0 saturated carbocycles. The van der Waals surface area contributed by atoms with E-state index in [1.54, 1.807) is 0 Å². The fourth-order valence-electron chi connectivity index (χ4n) is 1.79. The summed E-state index contributed by atoms with van der Waals surface area (Å²) in [4.78, 5) is 10.6. The molecule has 8 heteroatoms. The number of benzene rings is 1. The maximum absolute atomic E-state index is 13.2. The van der Waals surface area contributed by atoms with E-state index >= 15 is 0 Å². The van der Waals surface area contributed by atoms with Crippen LogP contribution in [0.3, 0.4) is 0 Å². The average molecular weight is 313 g/mol. The van der Waals surface area contributed by atoms with E-state index in [0.717, 1.165) is 16.4 Å². The smallest absolute Gasteiger partial charge is 0.371 e. The monoisotopic (exact) mass is 313 g/mol. The Morgan fingerprint density at radius 1 is 1.33 bits per heavy atom. The summed E-state index contributed by atoms with van der Waals surface area (Å²) in [6, 6.07) is 5.99. The van der Waals surface area contributed by atoms with E-state index in [2.05, 4.69) is 0 Å². The molecule has 0 amide bonds. The van der Waals surface area contributed by atoms with Crippen molar-refractivity contribution in [3.05, 3.63) is 47.7 Å². The molecule has 1 aromatic heterocycles. The maximum atomic E-state index is 13.2. The van der Waals surface area contributed by atoms with Crippen LogP contribution in [0.2, 0.25) is 0 Å². The second-order valence-electron chi connectivity index (χ2n) is 4.29. The van der Waals surface area contributed by atoms with Gasteiger partial charge in [0.25, 0.3) is 10.0 Å². The van der Waals surface area contributed by atoms with Crippen LogP contribution in [-0.4, -0.2) is 26.5 Å². The minimum Gasteiger partial charge on any atom is -0.475 e. The number of carboxylic acid groups (broad SMARTS) is 1. The SMILES string of the molecule is Cc1oc(C(=O)O)cc1S(=O)(=O)N(C)c1cccc(F)c1. The quantitative estimate of drug-likeness (QED) is 0.935. The molecule has 0 saturated heterocycles. The lowest BCUT2D eigenvalue weighted by molar-refractivity contribution is 0.0661. The van der Waals surface area contributed by atoms with E-state index in [-0.39, 0.29) is 16.3 Å². The van der Waals surface area contributed by atoms with Gasteiger partial charge in [0.15, 0.2) is 0 Å². The zero-order valence-corrected chi connectivity index (χ0v) is 12.0. The molecule has 0 bridgehead atoms. The molecule has 0 radical (unpaired) electrons. The molecule has 0 aliphatic rings. The summed E-state index contributed by atoms with van der Waals surface area (Å²) in [5.74, 6) is -2.47. The minimum absolute atomic E-state index is 0.0457. The first-order chi connectivity index (χ1) is 9.73. The van der Waals surface area contributed by atoms with Crippen LogP contribution in [0, 0.1) is 12.7 Å². The van der Waals surface area contributed by atoms with E-state index in [0.29, 0.717) is 0 Å². The molecule has 21 heavy (non-hydrogen) atoms. The molecule has 112 valence electrons. The number of sulfonamides is 1. The number of halogens is 1. The highest BCUT2D eigenvalue weighted by Crippen LogP contribution is 2.27. The Morgan fingerprint density at radius 2 is 2.00 bits per heavy atom. The second-order valence-corrected chi connectivity index (χ2v) is 6.23. The zero-order valence-electron chi connectivity index (χ0n) is 11.2. The van der Waals surface area contributed by atoms with Crippen LogP contribution < -0.4 is 4.31 Å². The largest absolute Gasteiger partial charge is 0.475 e. The van der Waals surface area contributed by atoms with Crippen LogP contribution in [0.25, 0.3) is 0 Å². The van der Waals surface area contributed by atoms with Crippen molar-refractivity contribution in [2.75, 3.05) is 11.4 Å². The van der Waals surface area contributed by atoms with Crippen molar-refractivity contribution in [2.24, 2.45) is 0 Å². The van der Waals surface area contributed by atoms with Gasteiger partial charge in [0.1, 0.15) is 16.5 Å². The predicted molar refractivity (Wildman–Crippen MR) is 72.4 cm³/mol. The highest BCUT2D eigenvalue weighted by molar-refractivity contribution is 7.92. The number of hydrogen-bond donors (Lipinski definition) is 1. The molecule has 0 atom stereocenters. The van der Waals surface area contributed by atoms with E-state index < -0.39 is 27.6 Å². The normalized spacial score (nSPS) is 11.4. The number of carbonyl (C=O) groups is 1. The summed E-state index contributed by atoms with van der Waals surface area (Å²) in [5, 5.41) is 8.83. The Kier molecular flexibility index (Phi) is 3.73. The van der Waals surface area contributed by atoms with Gasteiger partial charge in [0, 0.05) is 13.1 Å². The van der Waals surface area contributed by atoms with Gasteiger partial charge in [-0.05, 0) is 25.1 Å². The van der Waals surface area contributed by atoms with Crippen molar-refractivity contribution in [3.8, 4) is 0 Å². The Balaban J connectivity index is 2.49. The second kappa shape index (κ2) is 5.21. The van der Waals surface area contributed by atoms with Crippen molar-refractivity contribution >= 4 is 21.7 Å².